The van der Waals surface area contributed by atoms with Crippen LogP contribution in [-0.2, 0) is 5.41 Å². The lowest BCUT2D eigenvalue weighted by molar-refractivity contribution is 0.590. The van der Waals surface area contributed by atoms with Crippen molar-refractivity contribution in [2.75, 3.05) is 0 Å². The molecule has 3 rings (SSSR count). The molecule has 1 aromatic heterocycles. The summed E-state index contributed by atoms with van der Waals surface area (Å²) in [7, 11) is 0. The van der Waals surface area contributed by atoms with E-state index in [-0.39, 0.29) is 5.41 Å². The van der Waals surface area contributed by atoms with Crippen molar-refractivity contribution in [3.63, 3.8) is 0 Å². The van der Waals surface area contributed by atoms with Gasteiger partial charge in [-0.25, -0.2) is 4.98 Å². The molecule has 0 bridgehead atoms. The van der Waals surface area contributed by atoms with Crippen LogP contribution in [0.1, 0.15) is 36.9 Å². The molecule has 1 nitrogen and oxygen atoms in total. The number of rotatable bonds is 2. The van der Waals surface area contributed by atoms with E-state index < -0.39 is 0 Å². The highest BCUT2D eigenvalue weighted by Gasteiger charge is 2.12. The topological polar surface area (TPSA) is 12.9 Å². The van der Waals surface area contributed by atoms with Crippen molar-refractivity contribution in [3.05, 3.63) is 64.7 Å². The van der Waals surface area contributed by atoms with Gasteiger partial charge in [0.2, 0.25) is 0 Å². The molecule has 0 amide bonds. The lowest BCUT2D eigenvalue weighted by atomic mass is 9.87. The fourth-order valence-corrected chi connectivity index (χ4v) is 3.09. The Morgan fingerprint density at radius 1 is 0.905 bits per heavy atom. The SMILES string of the molecule is CC(C)(C)c1ccc(C=Cc2nc3ccccc3s2)cc1. The lowest BCUT2D eigenvalue weighted by Gasteiger charge is -2.18. The Balaban J connectivity index is 1.82. The summed E-state index contributed by atoms with van der Waals surface area (Å²) >= 11 is 1.73. The van der Waals surface area contributed by atoms with E-state index >= 15 is 0 Å². The summed E-state index contributed by atoms with van der Waals surface area (Å²) in [6, 6.07) is 17.0. The molecule has 0 aliphatic heterocycles. The number of thiazole rings is 1. The van der Waals surface area contributed by atoms with Crippen LogP contribution in [0.3, 0.4) is 0 Å². The van der Waals surface area contributed by atoms with Crippen LogP contribution >= 0.6 is 11.3 Å². The van der Waals surface area contributed by atoms with Crippen LogP contribution in [-0.4, -0.2) is 4.98 Å². The summed E-state index contributed by atoms with van der Waals surface area (Å²) in [6.45, 7) is 6.71. The Bertz CT molecular complexity index is 740. The van der Waals surface area contributed by atoms with Crippen LogP contribution in [0, 0.1) is 0 Å². The quantitative estimate of drug-likeness (QED) is 0.585. The molecular formula is C19H19NS. The second-order valence-corrected chi connectivity index (χ2v) is 7.29. The minimum absolute atomic E-state index is 0.204. The molecule has 0 aliphatic rings. The van der Waals surface area contributed by atoms with Gasteiger partial charge in [0, 0.05) is 0 Å². The summed E-state index contributed by atoms with van der Waals surface area (Å²) in [5.74, 6) is 0. The van der Waals surface area contributed by atoms with Crippen LogP contribution in [0.25, 0.3) is 22.4 Å². The zero-order chi connectivity index (χ0) is 14.9. The molecular weight excluding hydrogens is 274 g/mol. The van der Waals surface area contributed by atoms with Gasteiger partial charge < -0.3 is 0 Å². The van der Waals surface area contributed by atoms with Crippen molar-refractivity contribution in [1.82, 2.24) is 4.98 Å². The molecule has 0 aliphatic carbocycles. The van der Waals surface area contributed by atoms with Crippen molar-refractivity contribution >= 4 is 33.7 Å². The van der Waals surface area contributed by atoms with Gasteiger partial charge in [-0.3, -0.25) is 0 Å². The predicted octanol–water partition coefficient (Wildman–Crippen LogP) is 5.76. The third kappa shape index (κ3) is 3.22. The third-order valence-corrected chi connectivity index (χ3v) is 4.51. The smallest absolute Gasteiger partial charge is 0.117 e. The van der Waals surface area contributed by atoms with E-state index in [0.717, 1.165) is 10.5 Å². The lowest BCUT2D eigenvalue weighted by Crippen LogP contribution is -2.10. The summed E-state index contributed by atoms with van der Waals surface area (Å²) < 4.78 is 1.24. The Labute approximate surface area is 130 Å². The van der Waals surface area contributed by atoms with E-state index in [1.54, 1.807) is 11.3 Å². The summed E-state index contributed by atoms with van der Waals surface area (Å²) in [5, 5.41) is 1.05. The molecule has 0 N–H and O–H groups in total. The predicted molar refractivity (Wildman–Crippen MR) is 93.7 cm³/mol. The van der Waals surface area contributed by atoms with Crippen LogP contribution < -0.4 is 0 Å². The molecule has 106 valence electrons. The van der Waals surface area contributed by atoms with E-state index in [0.29, 0.717) is 0 Å². The number of nitrogens with zero attached hydrogens (tertiary/aromatic N) is 1. The Morgan fingerprint density at radius 2 is 1.62 bits per heavy atom. The Kier molecular flexibility index (Phi) is 3.64. The highest BCUT2D eigenvalue weighted by molar-refractivity contribution is 7.19. The Morgan fingerprint density at radius 3 is 2.29 bits per heavy atom. The number of aromatic nitrogens is 1. The first-order valence-corrected chi connectivity index (χ1v) is 7.98. The summed E-state index contributed by atoms with van der Waals surface area (Å²) in [6.07, 6.45) is 4.22. The molecule has 0 saturated heterocycles. The third-order valence-electron chi connectivity index (χ3n) is 3.51. The highest BCUT2D eigenvalue weighted by Crippen LogP contribution is 2.24. The zero-order valence-corrected chi connectivity index (χ0v) is 13.4. The second-order valence-electron chi connectivity index (χ2n) is 6.23. The standard InChI is InChI=1S/C19H19NS/c1-19(2,3)15-11-8-14(9-12-15)10-13-18-20-16-6-4-5-7-17(16)21-18/h4-13H,1-3H3. The van der Waals surface area contributed by atoms with Crippen molar-refractivity contribution in [3.8, 4) is 0 Å². The van der Waals surface area contributed by atoms with E-state index in [4.69, 9.17) is 0 Å². The van der Waals surface area contributed by atoms with Crippen molar-refractivity contribution < 1.29 is 0 Å². The fourth-order valence-electron chi connectivity index (χ4n) is 2.22. The number of fused-ring (bicyclic) bond motifs is 1. The van der Waals surface area contributed by atoms with E-state index in [9.17, 15) is 0 Å². The average Bonchev–Trinajstić information content (AvgIpc) is 2.87. The van der Waals surface area contributed by atoms with Gasteiger partial charge in [0.05, 0.1) is 10.2 Å². The number of hydrogen-bond donors (Lipinski definition) is 0. The molecule has 0 spiro atoms. The second kappa shape index (κ2) is 5.45. The first-order chi connectivity index (χ1) is 10.0. The molecule has 0 saturated carbocycles. The van der Waals surface area contributed by atoms with Gasteiger partial charge in [0.15, 0.2) is 0 Å². The van der Waals surface area contributed by atoms with Crippen molar-refractivity contribution in [1.29, 1.82) is 0 Å². The molecule has 0 atom stereocenters. The van der Waals surface area contributed by atoms with Gasteiger partial charge in [-0.2, -0.15) is 0 Å². The van der Waals surface area contributed by atoms with Gasteiger partial charge in [-0.05, 0) is 34.8 Å². The molecule has 2 heteroatoms. The van der Waals surface area contributed by atoms with Gasteiger partial charge in [0.1, 0.15) is 5.01 Å². The minimum atomic E-state index is 0.204. The molecule has 21 heavy (non-hydrogen) atoms. The monoisotopic (exact) mass is 293 g/mol. The van der Waals surface area contributed by atoms with Crippen molar-refractivity contribution in [2.24, 2.45) is 0 Å². The largest absolute Gasteiger partial charge is 0.237 e. The van der Waals surface area contributed by atoms with E-state index in [1.165, 1.54) is 15.8 Å². The molecule has 0 unspecified atom stereocenters. The number of hydrogen-bond acceptors (Lipinski definition) is 2. The van der Waals surface area contributed by atoms with Crippen LogP contribution in [0.5, 0.6) is 0 Å². The van der Waals surface area contributed by atoms with Crippen LogP contribution in [0.2, 0.25) is 0 Å². The van der Waals surface area contributed by atoms with Gasteiger partial charge in [-0.1, -0.05) is 63.2 Å². The maximum atomic E-state index is 4.62. The molecule has 2 aromatic carbocycles. The van der Waals surface area contributed by atoms with Crippen LogP contribution in [0.15, 0.2) is 48.5 Å². The first kappa shape index (κ1) is 14.0. The van der Waals surface area contributed by atoms with Crippen molar-refractivity contribution in [2.45, 2.75) is 26.2 Å². The average molecular weight is 293 g/mol. The molecule has 0 radical (unpaired) electrons. The number of para-hydroxylation sites is 1. The zero-order valence-electron chi connectivity index (χ0n) is 12.6. The van der Waals surface area contributed by atoms with Gasteiger partial charge >= 0.3 is 0 Å². The fraction of sp³-hybridized carbons (Fsp3) is 0.211. The summed E-state index contributed by atoms with van der Waals surface area (Å²) in [5.41, 5.74) is 3.85. The summed E-state index contributed by atoms with van der Waals surface area (Å²) in [4.78, 5) is 4.62. The van der Waals surface area contributed by atoms with Gasteiger partial charge in [0.25, 0.3) is 0 Å². The first-order valence-electron chi connectivity index (χ1n) is 7.16. The van der Waals surface area contributed by atoms with E-state index in [2.05, 4.69) is 80.4 Å². The molecule has 3 aromatic rings. The number of benzene rings is 2. The Hall–Kier alpha value is -1.93. The minimum Gasteiger partial charge on any atom is -0.237 e. The maximum absolute atomic E-state index is 4.62. The molecule has 0 fully saturated rings. The maximum Gasteiger partial charge on any atom is 0.117 e. The van der Waals surface area contributed by atoms with Gasteiger partial charge in [-0.15, -0.1) is 11.3 Å². The molecule has 1 heterocycles. The van der Waals surface area contributed by atoms with E-state index in [1.807, 2.05) is 6.07 Å². The van der Waals surface area contributed by atoms with Crippen LogP contribution in [0.4, 0.5) is 0 Å². The highest BCUT2D eigenvalue weighted by atomic mass is 32.1. The normalized spacial score (nSPS) is 12.3.